The van der Waals surface area contributed by atoms with Crippen molar-refractivity contribution in [2.75, 3.05) is 11.4 Å². The average molecular weight is 472 g/mol. The SMILES string of the molecule is O=C(c1cccc(Cc2n[nH]c(=O)c3c2CCCC3)c1)N(CCc1ccc(F)cc1)c1ccco1. The number of rotatable bonds is 7. The van der Waals surface area contributed by atoms with Crippen LogP contribution in [0.15, 0.2) is 76.1 Å². The van der Waals surface area contributed by atoms with Crippen molar-refractivity contribution in [1.82, 2.24) is 10.2 Å². The number of aromatic amines is 1. The molecule has 0 spiro atoms. The van der Waals surface area contributed by atoms with Crippen LogP contribution < -0.4 is 10.5 Å². The van der Waals surface area contributed by atoms with Gasteiger partial charge in [-0.1, -0.05) is 24.3 Å². The van der Waals surface area contributed by atoms with Crippen LogP contribution >= 0.6 is 0 Å². The molecule has 0 saturated carbocycles. The summed E-state index contributed by atoms with van der Waals surface area (Å²) in [6.45, 7) is 0.386. The maximum absolute atomic E-state index is 13.5. The molecule has 5 rings (SSSR count). The number of nitrogens with one attached hydrogen (secondary N) is 1. The van der Waals surface area contributed by atoms with Crippen molar-refractivity contribution < 1.29 is 13.6 Å². The lowest BCUT2D eigenvalue weighted by Crippen LogP contribution is -2.32. The van der Waals surface area contributed by atoms with Crippen LogP contribution in [-0.2, 0) is 25.7 Å². The molecule has 178 valence electrons. The van der Waals surface area contributed by atoms with Crippen molar-refractivity contribution >= 4 is 11.8 Å². The number of amides is 1. The van der Waals surface area contributed by atoms with Crippen LogP contribution in [0.25, 0.3) is 0 Å². The molecule has 6 nitrogen and oxygen atoms in total. The summed E-state index contributed by atoms with van der Waals surface area (Å²) in [5.41, 5.74) is 5.08. The highest BCUT2D eigenvalue weighted by atomic mass is 19.1. The summed E-state index contributed by atoms with van der Waals surface area (Å²) < 4.78 is 18.8. The number of carbonyl (C=O) groups excluding carboxylic acids is 1. The summed E-state index contributed by atoms with van der Waals surface area (Å²) in [5, 5.41) is 6.97. The van der Waals surface area contributed by atoms with Crippen LogP contribution in [-0.4, -0.2) is 22.6 Å². The quantitative estimate of drug-likeness (QED) is 0.418. The Morgan fingerprint density at radius 3 is 2.57 bits per heavy atom. The Hall–Kier alpha value is -4.00. The fourth-order valence-corrected chi connectivity index (χ4v) is 4.66. The van der Waals surface area contributed by atoms with Crippen LogP contribution in [0.4, 0.5) is 10.3 Å². The Morgan fingerprint density at radius 2 is 1.80 bits per heavy atom. The molecule has 4 aromatic rings. The molecule has 1 amide bonds. The highest BCUT2D eigenvalue weighted by molar-refractivity contribution is 6.05. The van der Waals surface area contributed by atoms with Crippen molar-refractivity contribution in [3.8, 4) is 0 Å². The van der Waals surface area contributed by atoms with E-state index in [9.17, 15) is 14.0 Å². The molecule has 0 saturated heterocycles. The Balaban J connectivity index is 1.38. The van der Waals surface area contributed by atoms with Gasteiger partial charge in [0.1, 0.15) is 5.82 Å². The fourth-order valence-electron chi connectivity index (χ4n) is 4.66. The summed E-state index contributed by atoms with van der Waals surface area (Å²) in [5.74, 6) is -0.0120. The second-order valence-electron chi connectivity index (χ2n) is 8.83. The van der Waals surface area contributed by atoms with Crippen molar-refractivity contribution in [2.45, 2.75) is 38.5 Å². The van der Waals surface area contributed by atoms with Gasteiger partial charge < -0.3 is 4.42 Å². The number of carbonyl (C=O) groups is 1. The number of anilines is 1. The van der Waals surface area contributed by atoms with E-state index in [1.807, 2.05) is 18.2 Å². The van der Waals surface area contributed by atoms with Crippen LogP contribution in [0.3, 0.4) is 0 Å². The average Bonchev–Trinajstić information content (AvgIpc) is 3.42. The first-order valence-electron chi connectivity index (χ1n) is 11.9. The van der Waals surface area contributed by atoms with Crippen molar-refractivity contribution in [1.29, 1.82) is 0 Å². The zero-order valence-electron chi connectivity index (χ0n) is 19.3. The Kier molecular flexibility index (Phi) is 6.57. The zero-order valence-corrected chi connectivity index (χ0v) is 19.3. The van der Waals surface area contributed by atoms with Gasteiger partial charge in [-0.25, -0.2) is 9.49 Å². The number of furan rings is 1. The van der Waals surface area contributed by atoms with Crippen molar-refractivity contribution in [2.24, 2.45) is 0 Å². The number of aromatic nitrogens is 2. The van der Waals surface area contributed by atoms with Gasteiger partial charge in [-0.2, -0.15) is 5.10 Å². The molecule has 0 fully saturated rings. The molecule has 2 heterocycles. The third-order valence-corrected chi connectivity index (χ3v) is 6.48. The highest BCUT2D eigenvalue weighted by Gasteiger charge is 2.21. The first-order valence-corrected chi connectivity index (χ1v) is 11.9. The molecule has 1 aliphatic carbocycles. The lowest BCUT2D eigenvalue weighted by molar-refractivity contribution is 0.0983. The Labute approximate surface area is 202 Å². The highest BCUT2D eigenvalue weighted by Crippen LogP contribution is 2.23. The Morgan fingerprint density at radius 1 is 1.00 bits per heavy atom. The number of hydrogen-bond donors (Lipinski definition) is 1. The van der Waals surface area contributed by atoms with E-state index in [1.165, 1.54) is 18.4 Å². The van der Waals surface area contributed by atoms with E-state index >= 15 is 0 Å². The van der Waals surface area contributed by atoms with Gasteiger partial charge in [0, 0.05) is 30.2 Å². The lowest BCUT2D eigenvalue weighted by Gasteiger charge is -2.21. The zero-order chi connectivity index (χ0) is 24.2. The summed E-state index contributed by atoms with van der Waals surface area (Å²) >= 11 is 0. The van der Waals surface area contributed by atoms with Crippen molar-refractivity contribution in [3.63, 3.8) is 0 Å². The van der Waals surface area contributed by atoms with E-state index < -0.39 is 0 Å². The smallest absolute Gasteiger partial charge is 0.267 e. The van der Waals surface area contributed by atoms with Gasteiger partial charge in [0.25, 0.3) is 11.5 Å². The molecule has 0 atom stereocenters. The molecule has 0 unspecified atom stereocenters. The molecular formula is C28H26FN3O3. The monoisotopic (exact) mass is 471 g/mol. The molecule has 2 aromatic heterocycles. The molecule has 0 aliphatic heterocycles. The number of benzene rings is 2. The molecule has 7 heteroatoms. The van der Waals surface area contributed by atoms with Gasteiger partial charge in [-0.3, -0.25) is 14.5 Å². The molecule has 2 aromatic carbocycles. The molecule has 35 heavy (non-hydrogen) atoms. The number of halogens is 1. The van der Waals surface area contributed by atoms with Crippen LogP contribution in [0.5, 0.6) is 0 Å². The van der Waals surface area contributed by atoms with Gasteiger partial charge in [0.05, 0.1) is 12.0 Å². The lowest BCUT2D eigenvalue weighted by atomic mass is 9.90. The van der Waals surface area contributed by atoms with Gasteiger partial charge in [0.2, 0.25) is 5.88 Å². The number of hydrogen-bond acceptors (Lipinski definition) is 4. The predicted molar refractivity (Wildman–Crippen MR) is 131 cm³/mol. The molecule has 0 bridgehead atoms. The first kappa shape index (κ1) is 22.8. The van der Waals surface area contributed by atoms with Gasteiger partial charge in [-0.05, 0) is 79.1 Å². The first-order chi connectivity index (χ1) is 17.1. The van der Waals surface area contributed by atoms with Crippen LogP contribution in [0.2, 0.25) is 0 Å². The van der Waals surface area contributed by atoms with Crippen molar-refractivity contribution in [3.05, 3.63) is 117 Å². The number of fused-ring (bicyclic) bond motifs is 1. The minimum atomic E-state index is -0.289. The van der Waals surface area contributed by atoms with E-state index in [4.69, 9.17) is 4.42 Å². The second kappa shape index (κ2) is 10.1. The Bertz CT molecular complexity index is 1380. The fraction of sp³-hybridized carbons (Fsp3) is 0.250. The number of nitrogens with zero attached hydrogens (tertiary/aromatic N) is 2. The van der Waals surface area contributed by atoms with Gasteiger partial charge in [-0.15, -0.1) is 0 Å². The van der Waals surface area contributed by atoms with E-state index in [2.05, 4.69) is 10.2 Å². The maximum atomic E-state index is 13.5. The molecule has 1 aliphatic rings. The van der Waals surface area contributed by atoms with Crippen LogP contribution in [0.1, 0.15) is 51.1 Å². The third-order valence-electron chi connectivity index (χ3n) is 6.48. The molecule has 1 N–H and O–H groups in total. The van der Waals surface area contributed by atoms with E-state index in [0.29, 0.717) is 30.8 Å². The summed E-state index contributed by atoms with van der Waals surface area (Å²) in [7, 11) is 0. The van der Waals surface area contributed by atoms with E-state index in [0.717, 1.165) is 53.6 Å². The second-order valence-corrected chi connectivity index (χ2v) is 8.83. The number of H-pyrrole nitrogens is 1. The standard InChI is InChI=1S/C28H26FN3O3/c29-22-12-10-19(11-13-22)14-15-32(26-9-4-16-35-26)28(34)21-6-3-5-20(17-21)18-25-23-7-1-2-8-24(23)27(33)31-30-25/h3-6,9-13,16-17H,1-2,7-8,14-15,18H2,(H,31,33). The van der Waals surface area contributed by atoms with E-state index in [-0.39, 0.29) is 17.3 Å². The predicted octanol–water partition coefficient (Wildman–Crippen LogP) is 4.86. The summed E-state index contributed by atoms with van der Waals surface area (Å²) in [4.78, 5) is 27.3. The summed E-state index contributed by atoms with van der Waals surface area (Å²) in [6, 6.07) is 17.3. The third kappa shape index (κ3) is 5.09. The van der Waals surface area contributed by atoms with Gasteiger partial charge in [0.15, 0.2) is 0 Å². The minimum absolute atomic E-state index is 0.0948. The summed E-state index contributed by atoms with van der Waals surface area (Å²) in [6.07, 6.45) is 6.34. The largest absolute Gasteiger partial charge is 0.448 e. The van der Waals surface area contributed by atoms with E-state index in [1.54, 1.807) is 35.2 Å². The normalized spacial score (nSPS) is 12.8. The molecular weight excluding hydrogens is 445 g/mol. The van der Waals surface area contributed by atoms with Crippen LogP contribution in [0, 0.1) is 5.82 Å². The molecule has 0 radical (unpaired) electrons. The topological polar surface area (TPSA) is 79.2 Å². The maximum Gasteiger partial charge on any atom is 0.267 e. The van der Waals surface area contributed by atoms with Gasteiger partial charge >= 0.3 is 0 Å². The minimum Gasteiger partial charge on any atom is -0.448 e.